The minimum Gasteiger partial charge on any atom is -0.508 e. The Morgan fingerprint density at radius 1 is 1.06 bits per heavy atom. The number of rotatable bonds is 2. The van der Waals surface area contributed by atoms with Crippen LogP contribution in [-0.4, -0.2) is 14.8 Å². The van der Waals surface area contributed by atoms with E-state index in [4.69, 9.17) is 4.42 Å². The molecule has 0 bridgehead atoms. The van der Waals surface area contributed by atoms with Gasteiger partial charge in [0, 0.05) is 22.1 Å². The number of hydrogen-bond acceptors (Lipinski definition) is 6. The lowest BCUT2D eigenvalue weighted by Gasteiger charge is -2.20. The van der Waals surface area contributed by atoms with Crippen LogP contribution in [0.1, 0.15) is 25.1 Å². The molecule has 31 heavy (non-hydrogen) atoms. The van der Waals surface area contributed by atoms with Crippen molar-refractivity contribution in [3.63, 3.8) is 0 Å². The maximum absolute atomic E-state index is 14.1. The maximum atomic E-state index is 14.1. The molecular formula is C23H16FNO5S. The number of nitrogens with zero attached hydrogens (tertiary/aromatic N) is 1. The standard InChI is InChI=1S/C23H16FNO5S/c1-23(2)12-9-11(26)7-8-14(12)25-17(23)10-15-18(21(25)28)19(27)20(22(29)30-15)31-16-6-4-3-5-13(16)24/h3-10,26-27H,1-2H3. The van der Waals surface area contributed by atoms with Crippen molar-refractivity contribution in [2.45, 2.75) is 29.1 Å². The molecule has 0 saturated heterocycles. The van der Waals surface area contributed by atoms with Crippen LogP contribution in [0.5, 0.6) is 11.5 Å². The highest BCUT2D eigenvalue weighted by molar-refractivity contribution is 7.99. The fraction of sp³-hybridized carbons (Fsp3) is 0.130. The number of halogens is 1. The summed E-state index contributed by atoms with van der Waals surface area (Å²) < 4.78 is 20.9. The highest BCUT2D eigenvalue weighted by Crippen LogP contribution is 2.44. The third-order valence-corrected chi connectivity index (χ3v) is 6.71. The molecule has 0 atom stereocenters. The molecule has 4 aromatic rings. The number of hydrogen-bond donors (Lipinski definition) is 2. The van der Waals surface area contributed by atoms with E-state index in [2.05, 4.69) is 0 Å². The first-order chi connectivity index (χ1) is 14.7. The van der Waals surface area contributed by atoms with Crippen molar-refractivity contribution in [2.75, 3.05) is 0 Å². The number of fused-ring (bicyclic) bond motifs is 4. The van der Waals surface area contributed by atoms with Crippen molar-refractivity contribution in [3.05, 3.63) is 86.4 Å². The number of aromatic nitrogens is 1. The lowest BCUT2D eigenvalue weighted by Crippen LogP contribution is -2.24. The van der Waals surface area contributed by atoms with E-state index in [0.717, 1.165) is 5.56 Å². The van der Waals surface area contributed by atoms with Gasteiger partial charge in [0.05, 0.1) is 5.69 Å². The second-order valence-electron chi connectivity index (χ2n) is 7.84. The van der Waals surface area contributed by atoms with Crippen LogP contribution in [0.25, 0.3) is 16.7 Å². The summed E-state index contributed by atoms with van der Waals surface area (Å²) in [7, 11) is 0. The number of benzene rings is 2. The molecule has 2 aromatic heterocycles. The molecule has 3 heterocycles. The molecule has 2 aromatic carbocycles. The number of pyridine rings is 1. The van der Waals surface area contributed by atoms with E-state index in [1.807, 2.05) is 13.8 Å². The molecule has 1 aliphatic heterocycles. The topological polar surface area (TPSA) is 92.7 Å². The zero-order valence-corrected chi connectivity index (χ0v) is 17.3. The van der Waals surface area contributed by atoms with E-state index >= 15 is 0 Å². The molecule has 0 unspecified atom stereocenters. The molecular weight excluding hydrogens is 421 g/mol. The van der Waals surface area contributed by atoms with Gasteiger partial charge in [-0.05, 0) is 35.9 Å². The van der Waals surface area contributed by atoms with Crippen LogP contribution in [0.3, 0.4) is 0 Å². The SMILES string of the molecule is CC1(C)c2cc(O)ccc2-n2c1cc1oc(=O)c(Sc3ccccc3F)c(O)c1c2=O. The predicted molar refractivity (Wildman–Crippen MR) is 114 cm³/mol. The Labute approximate surface area is 179 Å². The summed E-state index contributed by atoms with van der Waals surface area (Å²) in [5, 5.41) is 20.6. The van der Waals surface area contributed by atoms with Gasteiger partial charge >= 0.3 is 5.63 Å². The second kappa shape index (κ2) is 6.49. The van der Waals surface area contributed by atoms with Gasteiger partial charge in [0.15, 0.2) is 5.75 Å². The first-order valence-corrected chi connectivity index (χ1v) is 10.2. The van der Waals surface area contributed by atoms with Crippen LogP contribution >= 0.6 is 11.8 Å². The van der Waals surface area contributed by atoms with Crippen LogP contribution in [-0.2, 0) is 5.41 Å². The van der Waals surface area contributed by atoms with Gasteiger partial charge in [0.2, 0.25) is 0 Å². The van der Waals surface area contributed by atoms with E-state index in [9.17, 15) is 24.2 Å². The van der Waals surface area contributed by atoms with E-state index in [-0.39, 0.29) is 26.5 Å². The molecule has 0 radical (unpaired) electrons. The van der Waals surface area contributed by atoms with Gasteiger partial charge in [-0.1, -0.05) is 37.7 Å². The predicted octanol–water partition coefficient (Wildman–Crippen LogP) is 4.28. The third kappa shape index (κ3) is 2.71. The van der Waals surface area contributed by atoms with Crippen molar-refractivity contribution in [1.82, 2.24) is 4.57 Å². The van der Waals surface area contributed by atoms with Crippen LogP contribution in [0.2, 0.25) is 0 Å². The van der Waals surface area contributed by atoms with Gasteiger partial charge in [0.25, 0.3) is 5.56 Å². The Bertz CT molecular complexity index is 1520. The third-order valence-electron chi connectivity index (χ3n) is 5.60. The lowest BCUT2D eigenvalue weighted by molar-refractivity contribution is 0.445. The van der Waals surface area contributed by atoms with E-state index in [0.29, 0.717) is 23.1 Å². The highest BCUT2D eigenvalue weighted by Gasteiger charge is 2.38. The van der Waals surface area contributed by atoms with Crippen LogP contribution in [0.4, 0.5) is 4.39 Å². The van der Waals surface area contributed by atoms with Crippen molar-refractivity contribution < 1.29 is 19.0 Å². The fourth-order valence-corrected chi connectivity index (χ4v) is 4.88. The maximum Gasteiger partial charge on any atom is 0.354 e. The van der Waals surface area contributed by atoms with Gasteiger partial charge in [-0.25, -0.2) is 9.18 Å². The average Bonchev–Trinajstić information content (AvgIpc) is 2.93. The second-order valence-corrected chi connectivity index (χ2v) is 8.89. The first-order valence-electron chi connectivity index (χ1n) is 9.42. The van der Waals surface area contributed by atoms with Gasteiger partial charge in [-0.15, -0.1) is 0 Å². The normalized spacial score (nSPS) is 13.9. The lowest BCUT2D eigenvalue weighted by atomic mass is 9.83. The van der Waals surface area contributed by atoms with Crippen molar-refractivity contribution in [2.24, 2.45) is 0 Å². The van der Waals surface area contributed by atoms with Crippen molar-refractivity contribution >= 4 is 22.7 Å². The molecule has 0 amide bonds. The summed E-state index contributed by atoms with van der Waals surface area (Å²) in [4.78, 5) is 25.9. The molecule has 0 spiro atoms. The zero-order valence-electron chi connectivity index (χ0n) is 16.5. The Balaban J connectivity index is 1.81. The Kier molecular flexibility index (Phi) is 4.07. The molecule has 6 nitrogen and oxygen atoms in total. The van der Waals surface area contributed by atoms with Crippen molar-refractivity contribution in [3.8, 4) is 17.2 Å². The number of aromatic hydroxyl groups is 2. The smallest absolute Gasteiger partial charge is 0.354 e. The quantitative estimate of drug-likeness (QED) is 0.486. The van der Waals surface area contributed by atoms with E-state index < -0.39 is 28.2 Å². The number of phenolic OH excluding ortho intramolecular Hbond substituents is 1. The summed E-state index contributed by atoms with van der Waals surface area (Å²) in [6.07, 6.45) is 0. The van der Waals surface area contributed by atoms with Crippen LogP contribution < -0.4 is 11.2 Å². The first kappa shape index (κ1) is 19.4. The summed E-state index contributed by atoms with van der Waals surface area (Å²) in [6, 6.07) is 12.0. The summed E-state index contributed by atoms with van der Waals surface area (Å²) >= 11 is 0.699. The number of phenols is 1. The van der Waals surface area contributed by atoms with E-state index in [1.165, 1.54) is 28.8 Å². The van der Waals surface area contributed by atoms with E-state index in [1.54, 1.807) is 24.3 Å². The van der Waals surface area contributed by atoms with Crippen LogP contribution in [0.15, 0.2) is 72.3 Å². The van der Waals surface area contributed by atoms with Crippen LogP contribution in [0, 0.1) is 5.82 Å². The van der Waals surface area contributed by atoms with Gasteiger partial charge in [-0.3, -0.25) is 9.36 Å². The molecule has 156 valence electrons. The van der Waals surface area contributed by atoms with Crippen molar-refractivity contribution in [1.29, 1.82) is 0 Å². The van der Waals surface area contributed by atoms with Gasteiger partial charge in [0.1, 0.15) is 27.4 Å². The zero-order chi connectivity index (χ0) is 22.1. The highest BCUT2D eigenvalue weighted by atomic mass is 32.2. The average molecular weight is 437 g/mol. The molecule has 5 rings (SSSR count). The largest absolute Gasteiger partial charge is 0.508 e. The summed E-state index contributed by atoms with van der Waals surface area (Å²) in [6.45, 7) is 3.77. The molecule has 0 aliphatic carbocycles. The molecule has 0 fully saturated rings. The Hall–Kier alpha value is -3.52. The Morgan fingerprint density at radius 2 is 1.81 bits per heavy atom. The minimum absolute atomic E-state index is 0.0539. The summed E-state index contributed by atoms with van der Waals surface area (Å²) in [5.41, 5.74) is -0.295. The fourth-order valence-electron chi connectivity index (χ4n) is 4.03. The van der Waals surface area contributed by atoms with Gasteiger partial charge < -0.3 is 14.6 Å². The minimum atomic E-state index is -0.867. The Morgan fingerprint density at radius 3 is 2.55 bits per heavy atom. The van der Waals surface area contributed by atoms with Gasteiger partial charge in [-0.2, -0.15) is 0 Å². The molecule has 8 heteroatoms. The molecule has 1 aliphatic rings. The molecule has 2 N–H and O–H groups in total. The molecule has 0 saturated carbocycles. The monoisotopic (exact) mass is 437 g/mol. The summed E-state index contributed by atoms with van der Waals surface area (Å²) in [5.74, 6) is -1.05.